The van der Waals surface area contributed by atoms with Gasteiger partial charge in [-0.25, -0.2) is 0 Å². The lowest BCUT2D eigenvalue weighted by Gasteiger charge is -2.26. The maximum atomic E-state index is 13.3. The molecular weight excluding hydrogens is 388 g/mol. The molecule has 1 aromatic carbocycles. The highest BCUT2D eigenvalue weighted by Gasteiger charge is 2.44. The zero-order chi connectivity index (χ0) is 20.5. The minimum Gasteiger partial charge on any atom is -0.503 e. The third-order valence-electron chi connectivity index (χ3n) is 5.01. The van der Waals surface area contributed by atoms with Gasteiger partial charge in [-0.1, -0.05) is 24.3 Å². The summed E-state index contributed by atoms with van der Waals surface area (Å²) < 4.78 is 5.71. The third kappa shape index (κ3) is 3.59. The number of fused-ring (bicyclic) bond motifs is 1. The number of thiophene rings is 1. The fraction of sp³-hybridized carbons (Fsp3) is 0.273. The summed E-state index contributed by atoms with van der Waals surface area (Å²) in [6.07, 6.45) is 0.736. The van der Waals surface area contributed by atoms with Crippen molar-refractivity contribution in [1.82, 2.24) is 9.80 Å². The molecule has 1 N–H and O–H groups in total. The number of benzene rings is 1. The SMILES string of the molecule is CN(C)CCCN1C(=O)C(O)=C(C(=O)c2cc3ccccc3o2)C1c1cccs1. The normalized spacial score (nSPS) is 17.1. The van der Waals surface area contributed by atoms with Gasteiger partial charge >= 0.3 is 0 Å². The van der Waals surface area contributed by atoms with Crippen LogP contribution in [0.25, 0.3) is 11.0 Å². The van der Waals surface area contributed by atoms with E-state index in [-0.39, 0.29) is 11.3 Å². The molecule has 29 heavy (non-hydrogen) atoms. The van der Waals surface area contributed by atoms with E-state index in [0.717, 1.165) is 23.2 Å². The fourth-order valence-electron chi connectivity index (χ4n) is 3.64. The van der Waals surface area contributed by atoms with Gasteiger partial charge in [-0.2, -0.15) is 0 Å². The van der Waals surface area contributed by atoms with Crippen LogP contribution in [0.3, 0.4) is 0 Å². The maximum Gasteiger partial charge on any atom is 0.290 e. The highest BCUT2D eigenvalue weighted by atomic mass is 32.1. The summed E-state index contributed by atoms with van der Waals surface area (Å²) in [7, 11) is 3.93. The molecule has 1 unspecified atom stereocenters. The standard InChI is InChI=1S/C22H22N2O4S/c1-23(2)10-6-11-24-19(17-9-5-12-29-17)18(21(26)22(24)27)20(25)16-13-14-7-3-4-8-15(14)28-16/h3-5,7-9,12-13,19,26H,6,10-11H2,1-2H3. The molecule has 1 atom stereocenters. The van der Waals surface area contributed by atoms with Crippen molar-refractivity contribution in [2.24, 2.45) is 0 Å². The second kappa shape index (κ2) is 7.85. The lowest BCUT2D eigenvalue weighted by atomic mass is 10.00. The van der Waals surface area contributed by atoms with E-state index in [1.54, 1.807) is 17.0 Å². The molecule has 1 aliphatic rings. The number of Topliss-reactive ketones (excluding diaryl/α,β-unsaturated/α-hetero) is 1. The Hall–Kier alpha value is -2.90. The van der Waals surface area contributed by atoms with E-state index in [0.29, 0.717) is 12.1 Å². The minimum absolute atomic E-state index is 0.0846. The van der Waals surface area contributed by atoms with E-state index in [1.807, 2.05) is 54.7 Å². The van der Waals surface area contributed by atoms with Crippen molar-refractivity contribution < 1.29 is 19.1 Å². The Kier molecular flexibility index (Phi) is 5.25. The molecule has 7 heteroatoms. The number of rotatable bonds is 7. The number of carbonyl (C=O) groups is 2. The minimum atomic E-state index is -0.606. The van der Waals surface area contributed by atoms with E-state index in [1.165, 1.54) is 11.3 Å². The molecule has 0 radical (unpaired) electrons. The van der Waals surface area contributed by atoms with Gasteiger partial charge in [0.1, 0.15) is 5.58 Å². The summed E-state index contributed by atoms with van der Waals surface area (Å²) in [6.45, 7) is 1.25. The van der Waals surface area contributed by atoms with Gasteiger partial charge < -0.3 is 19.3 Å². The highest BCUT2D eigenvalue weighted by Crippen LogP contribution is 2.41. The van der Waals surface area contributed by atoms with Crippen molar-refractivity contribution in [3.05, 3.63) is 69.8 Å². The Morgan fingerprint density at radius 1 is 1.24 bits per heavy atom. The molecule has 0 saturated carbocycles. The molecular formula is C22H22N2O4S. The molecule has 3 aromatic rings. The zero-order valence-electron chi connectivity index (χ0n) is 16.3. The number of hydrogen-bond acceptors (Lipinski definition) is 6. The van der Waals surface area contributed by atoms with Gasteiger partial charge in [0.25, 0.3) is 5.91 Å². The van der Waals surface area contributed by atoms with Crippen LogP contribution in [0.5, 0.6) is 0 Å². The second-order valence-electron chi connectivity index (χ2n) is 7.31. The van der Waals surface area contributed by atoms with Crippen LogP contribution in [0, 0.1) is 0 Å². The topological polar surface area (TPSA) is 74.0 Å². The first-order valence-corrected chi connectivity index (χ1v) is 10.3. The van der Waals surface area contributed by atoms with Gasteiger partial charge in [0.2, 0.25) is 5.78 Å². The molecule has 3 heterocycles. The number of para-hydroxylation sites is 1. The lowest BCUT2D eigenvalue weighted by Crippen LogP contribution is -2.33. The van der Waals surface area contributed by atoms with Crippen molar-refractivity contribution >= 4 is 34.0 Å². The first-order valence-electron chi connectivity index (χ1n) is 9.43. The number of amides is 1. The number of ketones is 1. The Morgan fingerprint density at radius 2 is 2.03 bits per heavy atom. The zero-order valence-corrected chi connectivity index (χ0v) is 17.1. The van der Waals surface area contributed by atoms with Crippen LogP contribution >= 0.6 is 11.3 Å². The van der Waals surface area contributed by atoms with Crippen LogP contribution in [0.4, 0.5) is 0 Å². The number of aliphatic hydroxyl groups excluding tert-OH is 1. The number of carbonyl (C=O) groups excluding carboxylic acids is 2. The molecule has 4 rings (SSSR count). The summed E-state index contributed by atoms with van der Waals surface area (Å²) in [4.78, 5) is 30.6. The molecule has 0 fully saturated rings. The Bertz CT molecular complexity index is 1050. The molecule has 1 aliphatic heterocycles. The van der Waals surface area contributed by atoms with Crippen LogP contribution < -0.4 is 0 Å². The third-order valence-corrected chi connectivity index (χ3v) is 5.94. The maximum absolute atomic E-state index is 13.3. The van der Waals surface area contributed by atoms with Crippen LogP contribution in [0.2, 0.25) is 0 Å². The van der Waals surface area contributed by atoms with Gasteiger partial charge in [0.15, 0.2) is 11.5 Å². The number of furan rings is 1. The Labute approximate surface area is 172 Å². The average Bonchev–Trinajstić information content (AvgIpc) is 3.41. The van der Waals surface area contributed by atoms with E-state index in [4.69, 9.17) is 4.42 Å². The molecule has 1 amide bonds. The van der Waals surface area contributed by atoms with Crippen LogP contribution in [-0.4, -0.2) is 53.8 Å². The van der Waals surface area contributed by atoms with E-state index in [2.05, 4.69) is 0 Å². The van der Waals surface area contributed by atoms with Crippen molar-refractivity contribution in [3.8, 4) is 0 Å². The van der Waals surface area contributed by atoms with Gasteiger partial charge in [-0.3, -0.25) is 9.59 Å². The summed E-state index contributed by atoms with van der Waals surface area (Å²) in [6, 6.07) is 12.1. The predicted molar refractivity (Wildman–Crippen MR) is 112 cm³/mol. The number of nitrogens with zero attached hydrogens (tertiary/aromatic N) is 2. The van der Waals surface area contributed by atoms with E-state index in [9.17, 15) is 14.7 Å². The van der Waals surface area contributed by atoms with Gasteiger partial charge in [0, 0.05) is 16.8 Å². The molecule has 6 nitrogen and oxygen atoms in total. The summed E-state index contributed by atoms with van der Waals surface area (Å²) in [5, 5.41) is 13.3. The molecule has 0 spiro atoms. The lowest BCUT2D eigenvalue weighted by molar-refractivity contribution is -0.129. The van der Waals surface area contributed by atoms with E-state index >= 15 is 0 Å². The monoisotopic (exact) mass is 410 g/mol. The summed E-state index contributed by atoms with van der Waals surface area (Å²) in [5.41, 5.74) is 0.678. The van der Waals surface area contributed by atoms with Crippen molar-refractivity contribution in [2.75, 3.05) is 27.2 Å². The quantitative estimate of drug-likeness (QED) is 0.596. The summed E-state index contributed by atoms with van der Waals surface area (Å²) in [5.74, 6) is -1.34. The van der Waals surface area contributed by atoms with Gasteiger partial charge in [-0.15, -0.1) is 11.3 Å². The number of aliphatic hydroxyl groups is 1. The number of hydrogen-bond donors (Lipinski definition) is 1. The van der Waals surface area contributed by atoms with Crippen LogP contribution in [-0.2, 0) is 4.79 Å². The second-order valence-corrected chi connectivity index (χ2v) is 8.29. The molecule has 0 aliphatic carbocycles. The van der Waals surface area contributed by atoms with Crippen molar-refractivity contribution in [3.63, 3.8) is 0 Å². The van der Waals surface area contributed by atoms with E-state index < -0.39 is 23.5 Å². The average molecular weight is 410 g/mol. The predicted octanol–water partition coefficient (Wildman–Crippen LogP) is 4.02. The van der Waals surface area contributed by atoms with Crippen LogP contribution in [0.15, 0.2) is 63.6 Å². The largest absolute Gasteiger partial charge is 0.503 e. The smallest absolute Gasteiger partial charge is 0.290 e. The van der Waals surface area contributed by atoms with Gasteiger partial charge in [-0.05, 0) is 50.6 Å². The Morgan fingerprint density at radius 3 is 2.72 bits per heavy atom. The molecule has 0 bridgehead atoms. The Balaban J connectivity index is 1.71. The van der Waals surface area contributed by atoms with Crippen molar-refractivity contribution in [2.45, 2.75) is 12.5 Å². The molecule has 0 saturated heterocycles. The van der Waals surface area contributed by atoms with Gasteiger partial charge in [0.05, 0.1) is 11.6 Å². The first-order chi connectivity index (χ1) is 14.0. The van der Waals surface area contributed by atoms with Crippen molar-refractivity contribution in [1.29, 1.82) is 0 Å². The fourth-order valence-corrected chi connectivity index (χ4v) is 4.49. The summed E-state index contributed by atoms with van der Waals surface area (Å²) >= 11 is 1.46. The first kappa shape index (κ1) is 19.4. The van der Waals surface area contributed by atoms with Crippen LogP contribution in [0.1, 0.15) is 27.9 Å². The molecule has 2 aromatic heterocycles. The molecule has 150 valence electrons. The highest BCUT2D eigenvalue weighted by molar-refractivity contribution is 7.10.